The van der Waals surface area contributed by atoms with Gasteiger partial charge in [0, 0.05) is 5.75 Å². The highest BCUT2D eigenvalue weighted by atomic mass is 32.2. The van der Waals surface area contributed by atoms with Crippen LogP contribution in [0.3, 0.4) is 0 Å². The molecule has 0 bridgehead atoms. The average Bonchev–Trinajstić information content (AvgIpc) is 3.29. The van der Waals surface area contributed by atoms with Crippen LogP contribution in [0.1, 0.15) is 30.9 Å². The number of thioether (sulfide) groups is 1. The van der Waals surface area contributed by atoms with E-state index in [0.717, 1.165) is 41.3 Å². The summed E-state index contributed by atoms with van der Waals surface area (Å²) in [4.78, 5) is 9.10. The quantitative estimate of drug-likeness (QED) is 0.725. The number of benzene rings is 2. The summed E-state index contributed by atoms with van der Waals surface area (Å²) in [7, 11) is 0. The molecule has 2 heterocycles. The van der Waals surface area contributed by atoms with Crippen LogP contribution in [0.15, 0.2) is 59.6 Å². The Morgan fingerprint density at radius 3 is 2.77 bits per heavy atom. The Bertz CT molecular complexity index is 986. The van der Waals surface area contributed by atoms with Crippen LogP contribution in [0.5, 0.6) is 0 Å². The van der Waals surface area contributed by atoms with Gasteiger partial charge in [-0.25, -0.2) is 4.98 Å². The topological polar surface area (TPSA) is 56.2 Å². The fourth-order valence-corrected chi connectivity index (χ4v) is 4.10. The van der Waals surface area contributed by atoms with Crippen molar-refractivity contribution in [3.05, 3.63) is 65.7 Å². The van der Waals surface area contributed by atoms with Crippen molar-refractivity contribution >= 4 is 39.5 Å². The molecule has 4 nitrogen and oxygen atoms in total. The molecule has 26 heavy (non-hydrogen) atoms. The first-order valence-electron chi connectivity index (χ1n) is 8.99. The lowest BCUT2D eigenvalue weighted by molar-refractivity contribution is 0.960. The molecule has 0 spiro atoms. The van der Waals surface area contributed by atoms with E-state index in [1.165, 1.54) is 16.7 Å². The van der Waals surface area contributed by atoms with Gasteiger partial charge in [0.1, 0.15) is 0 Å². The molecule has 2 aromatic carbocycles. The van der Waals surface area contributed by atoms with Crippen molar-refractivity contribution in [2.24, 2.45) is 4.99 Å². The molecule has 0 unspecified atom stereocenters. The second-order valence-corrected chi connectivity index (χ2v) is 7.36. The lowest BCUT2D eigenvalue weighted by Crippen LogP contribution is -2.09. The normalized spacial score (nSPS) is 14.8. The van der Waals surface area contributed by atoms with E-state index >= 15 is 0 Å². The molecule has 0 saturated heterocycles. The Morgan fingerprint density at radius 2 is 2.04 bits per heavy atom. The van der Waals surface area contributed by atoms with Gasteiger partial charge < -0.3 is 5.73 Å². The Hall–Kier alpha value is -2.53. The lowest BCUT2D eigenvalue weighted by atomic mass is 9.96. The molecule has 0 fully saturated rings. The van der Waals surface area contributed by atoms with Gasteiger partial charge in [-0.2, -0.15) is 0 Å². The number of fused-ring (bicyclic) bond motifs is 1. The van der Waals surface area contributed by atoms with Gasteiger partial charge in [0.05, 0.1) is 17.6 Å². The van der Waals surface area contributed by atoms with E-state index in [0.29, 0.717) is 5.95 Å². The van der Waals surface area contributed by atoms with Gasteiger partial charge in [0.15, 0.2) is 5.17 Å². The van der Waals surface area contributed by atoms with Crippen molar-refractivity contribution < 1.29 is 0 Å². The van der Waals surface area contributed by atoms with Crippen molar-refractivity contribution in [3.63, 3.8) is 0 Å². The van der Waals surface area contributed by atoms with E-state index in [9.17, 15) is 0 Å². The maximum Gasteiger partial charge on any atom is 0.207 e. The highest BCUT2D eigenvalue weighted by Crippen LogP contribution is 2.30. The second kappa shape index (κ2) is 7.38. The van der Waals surface area contributed by atoms with Crippen LogP contribution in [0, 0.1) is 0 Å². The number of aliphatic imine (C=N–C) groups is 1. The second-order valence-electron chi connectivity index (χ2n) is 6.29. The van der Waals surface area contributed by atoms with Crippen LogP contribution in [0.4, 0.5) is 5.95 Å². The molecule has 0 atom stereocenters. The Morgan fingerprint density at radius 1 is 1.19 bits per heavy atom. The van der Waals surface area contributed by atoms with Crippen molar-refractivity contribution in [2.45, 2.75) is 19.8 Å². The summed E-state index contributed by atoms with van der Waals surface area (Å²) in [6.07, 6.45) is 4.49. The molecule has 5 heteroatoms. The Labute approximate surface area is 157 Å². The van der Waals surface area contributed by atoms with E-state index in [-0.39, 0.29) is 0 Å². The number of nitrogens with zero attached hydrogens (tertiary/aromatic N) is 3. The van der Waals surface area contributed by atoms with E-state index in [4.69, 9.17) is 5.73 Å². The predicted octanol–water partition coefficient (Wildman–Crippen LogP) is 4.80. The molecule has 1 aliphatic heterocycles. The summed E-state index contributed by atoms with van der Waals surface area (Å²) in [5.74, 6) is 1.50. The molecule has 132 valence electrons. The van der Waals surface area contributed by atoms with Gasteiger partial charge >= 0.3 is 0 Å². The number of nitrogens with two attached hydrogens (primary N) is 1. The maximum absolute atomic E-state index is 6.19. The highest BCUT2D eigenvalue weighted by Gasteiger charge is 2.17. The van der Waals surface area contributed by atoms with Gasteiger partial charge in [-0.05, 0) is 35.3 Å². The number of imidazole rings is 1. The molecular formula is C21H22N4S. The van der Waals surface area contributed by atoms with Crippen LogP contribution in [0.2, 0.25) is 0 Å². The van der Waals surface area contributed by atoms with Gasteiger partial charge in [-0.1, -0.05) is 67.6 Å². The highest BCUT2D eigenvalue weighted by molar-refractivity contribution is 8.14. The average molecular weight is 363 g/mol. The minimum absolute atomic E-state index is 0.504. The van der Waals surface area contributed by atoms with E-state index < -0.39 is 0 Å². The van der Waals surface area contributed by atoms with E-state index in [1.54, 1.807) is 11.8 Å². The summed E-state index contributed by atoms with van der Waals surface area (Å²) in [5, 5.41) is 0.945. The Balaban J connectivity index is 1.86. The summed E-state index contributed by atoms with van der Waals surface area (Å²) in [5.41, 5.74) is 11.8. The van der Waals surface area contributed by atoms with Crippen molar-refractivity contribution in [2.75, 3.05) is 18.0 Å². The molecule has 4 rings (SSSR count). The van der Waals surface area contributed by atoms with Gasteiger partial charge in [0.25, 0.3) is 0 Å². The zero-order valence-electron chi connectivity index (χ0n) is 14.9. The third-order valence-corrected chi connectivity index (χ3v) is 5.43. The number of hydrogen-bond donors (Lipinski definition) is 1. The number of hydrogen-bond acceptors (Lipinski definition) is 4. The third kappa shape index (κ3) is 3.15. The summed E-state index contributed by atoms with van der Waals surface area (Å²) in [6, 6.07) is 16.9. The van der Waals surface area contributed by atoms with Crippen LogP contribution < -0.4 is 5.73 Å². The maximum atomic E-state index is 6.19. The molecule has 2 N–H and O–H groups in total. The minimum atomic E-state index is 0.504. The molecule has 0 saturated carbocycles. The number of anilines is 1. The first-order chi connectivity index (χ1) is 12.8. The molecular weight excluding hydrogens is 340 g/mol. The summed E-state index contributed by atoms with van der Waals surface area (Å²) < 4.78 is 1.99. The fourth-order valence-electron chi connectivity index (χ4n) is 3.23. The number of rotatable bonds is 4. The third-order valence-electron chi connectivity index (χ3n) is 4.47. The standard InChI is InChI=1S/C21H22N4S/c1-2-3-9-17(15-7-5-4-6-8-15)16-10-11-18-19(14-16)25(20(22)24-18)21-23-12-13-26-21/h4-11,14H,2-3,12-13H2,1H3,(H2,22,24)/b17-9-. The number of unbranched alkanes of at least 4 members (excludes halogenated alkanes) is 1. The number of allylic oxidation sites excluding steroid dienone is 1. The minimum Gasteiger partial charge on any atom is -0.369 e. The monoisotopic (exact) mass is 362 g/mol. The van der Waals surface area contributed by atoms with Gasteiger partial charge in [-0.15, -0.1) is 0 Å². The first kappa shape index (κ1) is 16.9. The number of aromatic nitrogens is 2. The zero-order valence-corrected chi connectivity index (χ0v) is 15.7. The smallest absolute Gasteiger partial charge is 0.207 e. The molecule has 3 aromatic rings. The molecule has 0 amide bonds. The number of nitrogen functional groups attached to an aromatic ring is 1. The van der Waals surface area contributed by atoms with Crippen LogP contribution in [-0.4, -0.2) is 27.0 Å². The SMILES string of the molecule is CCC/C=C(/c1ccccc1)c1ccc2nc(N)n(C3=NCCS3)c2c1. The van der Waals surface area contributed by atoms with Crippen molar-refractivity contribution in [1.29, 1.82) is 0 Å². The van der Waals surface area contributed by atoms with Gasteiger partial charge in [-0.3, -0.25) is 9.56 Å². The summed E-state index contributed by atoms with van der Waals surface area (Å²) >= 11 is 1.73. The lowest BCUT2D eigenvalue weighted by Gasteiger charge is -2.10. The first-order valence-corrected chi connectivity index (χ1v) is 9.98. The molecule has 1 aliphatic rings. The van der Waals surface area contributed by atoms with Crippen LogP contribution >= 0.6 is 11.8 Å². The molecule has 0 radical (unpaired) electrons. The molecule has 0 aliphatic carbocycles. The van der Waals surface area contributed by atoms with Gasteiger partial charge in [0.2, 0.25) is 5.95 Å². The fraction of sp³-hybridized carbons (Fsp3) is 0.238. The predicted molar refractivity (Wildman–Crippen MR) is 113 cm³/mol. The van der Waals surface area contributed by atoms with Crippen molar-refractivity contribution in [3.8, 4) is 0 Å². The summed E-state index contributed by atoms with van der Waals surface area (Å²) in [6.45, 7) is 3.04. The largest absolute Gasteiger partial charge is 0.369 e. The Kier molecular flexibility index (Phi) is 4.80. The van der Waals surface area contributed by atoms with Crippen molar-refractivity contribution in [1.82, 2.24) is 9.55 Å². The molecule has 1 aromatic heterocycles. The van der Waals surface area contributed by atoms with Crippen LogP contribution in [-0.2, 0) is 0 Å². The van der Waals surface area contributed by atoms with E-state index in [1.807, 2.05) is 4.57 Å². The van der Waals surface area contributed by atoms with E-state index in [2.05, 4.69) is 71.5 Å². The van der Waals surface area contributed by atoms with Crippen LogP contribution in [0.25, 0.3) is 16.6 Å². The zero-order chi connectivity index (χ0) is 17.9.